The Morgan fingerprint density at radius 2 is 1.67 bits per heavy atom. The quantitative estimate of drug-likeness (QED) is 0.528. The topological polar surface area (TPSA) is 37.3 Å². The van der Waals surface area contributed by atoms with Crippen LogP contribution in [0, 0.1) is 0 Å². The summed E-state index contributed by atoms with van der Waals surface area (Å²) in [4.78, 5) is 9.00. The molecule has 40 valence electrons. The van der Waals surface area contributed by atoms with Crippen molar-refractivity contribution in [1.82, 2.24) is 0 Å². The van der Waals surface area contributed by atoms with Gasteiger partial charge in [0.2, 0.25) is 0 Å². The molecular formula is C2H4CoMnO2. The molecule has 0 aromatic heterocycles. The van der Waals surface area contributed by atoms with Crippen LogP contribution in [0.3, 0.4) is 0 Å². The van der Waals surface area contributed by atoms with Crippen molar-refractivity contribution in [3.05, 3.63) is 0 Å². The second-order valence-corrected chi connectivity index (χ2v) is 0.519. The molecule has 0 aliphatic carbocycles. The van der Waals surface area contributed by atoms with Gasteiger partial charge in [-0.15, -0.1) is 0 Å². The van der Waals surface area contributed by atoms with Crippen molar-refractivity contribution in [2.75, 3.05) is 0 Å². The number of hydrogen-bond acceptors (Lipinski definition) is 1. The first-order valence-electron chi connectivity index (χ1n) is 0.928. The summed E-state index contributed by atoms with van der Waals surface area (Å²) in [5, 5.41) is 7.42. The Labute approximate surface area is 57.0 Å². The molecular weight excluding hydrogens is 170 g/mol. The molecule has 0 saturated heterocycles. The average Bonchev–Trinajstić information content (AvgIpc) is 0.811. The van der Waals surface area contributed by atoms with Gasteiger partial charge in [-0.2, -0.15) is 0 Å². The number of carboxylic acid groups (broad SMARTS) is 1. The van der Waals surface area contributed by atoms with Crippen LogP contribution in [-0.4, -0.2) is 11.1 Å². The van der Waals surface area contributed by atoms with Gasteiger partial charge in [0, 0.05) is 40.8 Å². The Bertz CT molecular complexity index is 34.5. The minimum atomic E-state index is -0.833. The van der Waals surface area contributed by atoms with Crippen molar-refractivity contribution in [3.63, 3.8) is 0 Å². The SMILES string of the molecule is CC(=O)O.[Co].[Mn]. The van der Waals surface area contributed by atoms with Crippen LogP contribution in [-0.2, 0) is 38.6 Å². The van der Waals surface area contributed by atoms with Crippen LogP contribution >= 0.6 is 0 Å². The molecule has 0 rings (SSSR count). The summed E-state index contributed by atoms with van der Waals surface area (Å²) in [6.45, 7) is 1.08. The maximum Gasteiger partial charge on any atom is 0.300 e. The van der Waals surface area contributed by atoms with Crippen LogP contribution < -0.4 is 0 Å². The van der Waals surface area contributed by atoms with Gasteiger partial charge in [-0.25, -0.2) is 0 Å². The van der Waals surface area contributed by atoms with E-state index in [1.807, 2.05) is 0 Å². The molecule has 4 heteroatoms. The van der Waals surface area contributed by atoms with Crippen LogP contribution in [0.15, 0.2) is 0 Å². The molecule has 0 aromatic rings. The second-order valence-electron chi connectivity index (χ2n) is 0.519. The summed E-state index contributed by atoms with van der Waals surface area (Å²) >= 11 is 0. The van der Waals surface area contributed by atoms with Gasteiger partial charge in [-0.3, -0.25) is 4.79 Å². The third-order valence-electron chi connectivity index (χ3n) is 0. The molecule has 0 saturated carbocycles. The van der Waals surface area contributed by atoms with Gasteiger partial charge in [0.15, 0.2) is 0 Å². The fourth-order valence-electron chi connectivity index (χ4n) is 0. The minimum absolute atomic E-state index is 0. The standard InChI is InChI=1S/C2H4O2.Co.Mn/c1-2(3)4;;/h1H3,(H,3,4);;. The average molecular weight is 174 g/mol. The predicted molar refractivity (Wildman–Crippen MR) is 13.3 cm³/mol. The molecule has 0 unspecified atom stereocenters. The molecule has 2 nitrogen and oxygen atoms in total. The summed E-state index contributed by atoms with van der Waals surface area (Å²) in [5.74, 6) is -0.833. The zero-order chi connectivity index (χ0) is 3.58. The van der Waals surface area contributed by atoms with Crippen LogP contribution in [0.5, 0.6) is 0 Å². The second kappa shape index (κ2) is 9.09. The molecule has 2 radical (unpaired) electrons. The molecule has 0 aliphatic heterocycles. The molecule has 0 aromatic carbocycles. The molecule has 0 aliphatic rings. The van der Waals surface area contributed by atoms with Gasteiger partial charge in [0.25, 0.3) is 5.97 Å². The van der Waals surface area contributed by atoms with Crippen molar-refractivity contribution in [2.45, 2.75) is 6.92 Å². The summed E-state index contributed by atoms with van der Waals surface area (Å²) in [6, 6.07) is 0. The monoisotopic (exact) mass is 174 g/mol. The Kier molecular flexibility index (Phi) is 24.3. The van der Waals surface area contributed by atoms with Crippen LogP contribution in [0.1, 0.15) is 6.92 Å². The Balaban J connectivity index is -0.0000000450. The Hall–Kier alpha value is 0.496. The fourth-order valence-corrected chi connectivity index (χ4v) is 0. The van der Waals surface area contributed by atoms with E-state index in [1.165, 1.54) is 0 Å². The van der Waals surface area contributed by atoms with Gasteiger partial charge >= 0.3 is 0 Å². The number of carboxylic acids is 1. The zero-order valence-corrected chi connectivity index (χ0v) is 5.29. The minimum Gasteiger partial charge on any atom is -0.481 e. The van der Waals surface area contributed by atoms with Crippen molar-refractivity contribution in [2.24, 2.45) is 0 Å². The first-order chi connectivity index (χ1) is 1.73. The largest absolute Gasteiger partial charge is 0.481 e. The van der Waals surface area contributed by atoms with E-state index >= 15 is 0 Å². The molecule has 0 bridgehead atoms. The number of hydrogen-bond donors (Lipinski definition) is 1. The Morgan fingerprint density at radius 1 is 1.67 bits per heavy atom. The summed E-state index contributed by atoms with van der Waals surface area (Å²) in [5.41, 5.74) is 0. The maximum absolute atomic E-state index is 9.00. The zero-order valence-electron chi connectivity index (χ0n) is 3.07. The van der Waals surface area contributed by atoms with E-state index in [4.69, 9.17) is 9.90 Å². The van der Waals surface area contributed by atoms with Crippen LogP contribution in [0.25, 0.3) is 0 Å². The molecule has 0 fully saturated rings. The third kappa shape index (κ3) is 223. The van der Waals surface area contributed by atoms with Gasteiger partial charge < -0.3 is 5.11 Å². The summed E-state index contributed by atoms with van der Waals surface area (Å²) in [6.07, 6.45) is 0. The van der Waals surface area contributed by atoms with E-state index in [0.717, 1.165) is 6.92 Å². The molecule has 1 N–H and O–H groups in total. The third-order valence-corrected chi connectivity index (χ3v) is 0. The first kappa shape index (κ1) is 16.1. The van der Waals surface area contributed by atoms with Crippen LogP contribution in [0.2, 0.25) is 0 Å². The number of carbonyl (C=O) groups is 1. The number of aliphatic carboxylic acids is 1. The van der Waals surface area contributed by atoms with Crippen molar-refractivity contribution >= 4 is 5.97 Å². The molecule has 6 heavy (non-hydrogen) atoms. The van der Waals surface area contributed by atoms with Crippen molar-refractivity contribution in [3.8, 4) is 0 Å². The molecule has 0 heterocycles. The van der Waals surface area contributed by atoms with Gasteiger partial charge in [-0.1, -0.05) is 0 Å². The van der Waals surface area contributed by atoms with Gasteiger partial charge in [0.05, 0.1) is 0 Å². The maximum atomic E-state index is 9.00. The van der Waals surface area contributed by atoms with E-state index in [0.29, 0.717) is 0 Å². The van der Waals surface area contributed by atoms with E-state index in [1.54, 1.807) is 0 Å². The molecule has 0 atom stereocenters. The number of rotatable bonds is 0. The first-order valence-corrected chi connectivity index (χ1v) is 0.928. The Morgan fingerprint density at radius 3 is 1.67 bits per heavy atom. The van der Waals surface area contributed by atoms with E-state index in [-0.39, 0.29) is 33.8 Å². The summed E-state index contributed by atoms with van der Waals surface area (Å²) in [7, 11) is 0. The normalized spacial score (nSPS) is 4.17. The molecule has 0 spiro atoms. The van der Waals surface area contributed by atoms with E-state index < -0.39 is 5.97 Å². The van der Waals surface area contributed by atoms with Gasteiger partial charge in [0.1, 0.15) is 0 Å². The van der Waals surface area contributed by atoms with Crippen molar-refractivity contribution in [1.29, 1.82) is 0 Å². The molecule has 0 amide bonds. The smallest absolute Gasteiger partial charge is 0.300 e. The van der Waals surface area contributed by atoms with E-state index in [9.17, 15) is 0 Å². The van der Waals surface area contributed by atoms with Crippen LogP contribution in [0.4, 0.5) is 0 Å². The van der Waals surface area contributed by atoms with E-state index in [2.05, 4.69) is 0 Å². The van der Waals surface area contributed by atoms with Crippen molar-refractivity contribution < 1.29 is 43.7 Å². The fraction of sp³-hybridized carbons (Fsp3) is 0.500. The van der Waals surface area contributed by atoms with Gasteiger partial charge in [-0.05, 0) is 0 Å². The summed E-state index contributed by atoms with van der Waals surface area (Å²) < 4.78 is 0. The predicted octanol–water partition coefficient (Wildman–Crippen LogP) is 0.0859.